The number of benzene rings is 1. The highest BCUT2D eigenvalue weighted by molar-refractivity contribution is 6.78. The number of hydrogen-bond acceptors (Lipinski definition) is 6. The summed E-state index contributed by atoms with van der Waals surface area (Å²) in [6.45, 7) is 23.5. The van der Waals surface area contributed by atoms with Crippen LogP contribution in [0, 0.1) is 0 Å². The average molecular weight is 669 g/mol. The Balaban J connectivity index is 1.49. The molecule has 2 aromatic heterocycles. The molecule has 2 atom stereocenters. The molecule has 3 aromatic rings. The van der Waals surface area contributed by atoms with E-state index in [0.29, 0.717) is 46.0 Å². The van der Waals surface area contributed by atoms with E-state index in [9.17, 15) is 4.79 Å². The highest BCUT2D eigenvalue weighted by Crippen LogP contribution is 2.52. The maximum absolute atomic E-state index is 14.5. The van der Waals surface area contributed by atoms with Gasteiger partial charge in [0.1, 0.15) is 5.65 Å². The number of anilines is 1. The van der Waals surface area contributed by atoms with Crippen molar-refractivity contribution >= 4 is 45.2 Å². The molecule has 246 valence electrons. The van der Waals surface area contributed by atoms with Gasteiger partial charge in [-0.15, -0.1) is 0 Å². The maximum atomic E-state index is 14.5. The van der Waals surface area contributed by atoms with Crippen LogP contribution in [-0.4, -0.2) is 49.9 Å². The first-order valence-corrected chi connectivity index (χ1v) is 22.2. The minimum atomic E-state index is -2.19. The van der Waals surface area contributed by atoms with Crippen LogP contribution in [0.3, 0.4) is 0 Å². The van der Waals surface area contributed by atoms with Gasteiger partial charge in [-0.2, -0.15) is 4.98 Å². The summed E-state index contributed by atoms with van der Waals surface area (Å²) in [6.07, 6.45) is 6.22. The van der Waals surface area contributed by atoms with Gasteiger partial charge in [-0.25, -0.2) is 4.98 Å². The van der Waals surface area contributed by atoms with Crippen molar-refractivity contribution < 1.29 is 8.85 Å². The molecule has 0 amide bonds. The van der Waals surface area contributed by atoms with Gasteiger partial charge in [0.15, 0.2) is 8.32 Å². The Bertz CT molecular complexity index is 1570. The van der Waals surface area contributed by atoms with E-state index in [-0.39, 0.29) is 28.2 Å². The van der Waals surface area contributed by atoms with Crippen molar-refractivity contribution in [2.75, 3.05) is 11.9 Å². The van der Waals surface area contributed by atoms with Crippen LogP contribution in [0.4, 0.5) is 5.95 Å². The van der Waals surface area contributed by atoms with Crippen LogP contribution in [-0.2, 0) is 8.85 Å². The van der Waals surface area contributed by atoms with Crippen molar-refractivity contribution in [3.05, 3.63) is 51.9 Å². The number of nitrogens with zero attached hydrogens (tertiary/aromatic N) is 3. The van der Waals surface area contributed by atoms with E-state index >= 15 is 0 Å². The van der Waals surface area contributed by atoms with Gasteiger partial charge in [0, 0.05) is 39.9 Å². The van der Waals surface area contributed by atoms with Crippen LogP contribution in [0.5, 0.6) is 0 Å². The number of hydrogen-bond donors (Lipinski definition) is 1. The molecule has 1 saturated carbocycles. The van der Waals surface area contributed by atoms with Crippen LogP contribution < -0.4 is 10.9 Å². The molecular weight excluding hydrogens is 616 g/mol. The number of fused-ring (bicyclic) bond motifs is 1. The summed E-state index contributed by atoms with van der Waals surface area (Å²) in [5.74, 6) is 0.567. The fourth-order valence-electron chi connectivity index (χ4n) is 7.63. The highest BCUT2D eigenvalue weighted by Gasteiger charge is 2.55. The lowest BCUT2D eigenvalue weighted by Crippen LogP contribution is -2.45. The molecule has 0 bridgehead atoms. The minimum Gasteiger partial charge on any atom is -0.414 e. The number of nitrogens with one attached hydrogen (secondary N) is 1. The lowest BCUT2D eigenvalue weighted by atomic mass is 9.93. The van der Waals surface area contributed by atoms with Gasteiger partial charge in [-0.1, -0.05) is 85.2 Å². The zero-order valence-corrected chi connectivity index (χ0v) is 31.7. The molecule has 1 aliphatic carbocycles. The quantitative estimate of drug-likeness (QED) is 0.241. The Morgan fingerprint density at radius 1 is 1.07 bits per heavy atom. The van der Waals surface area contributed by atoms with Gasteiger partial charge in [-0.3, -0.25) is 9.36 Å². The third kappa shape index (κ3) is 6.44. The standard InChI is InChI=1S/C35H53ClN4O3Si2/c1-22(2)45(23(3)4)24(5)31(21-42-45)40-32-25(19-29(33(40)41)28-13-11-12-14-30(28)36)20-37-34(39-32)38-26-15-17-27(18-16-26)43-44(9,10)35(6,7)8/h11-14,19-20,22-24,26-27,31H,15-18,21H2,1-10H3,(H,37,38,39). The van der Waals surface area contributed by atoms with Crippen molar-refractivity contribution in [2.24, 2.45) is 0 Å². The summed E-state index contributed by atoms with van der Waals surface area (Å²) in [4.78, 5) is 24.3. The average Bonchev–Trinajstić information content (AvgIpc) is 3.31. The molecule has 1 aromatic carbocycles. The third-order valence-corrected chi connectivity index (χ3v) is 22.1. The lowest BCUT2D eigenvalue weighted by molar-refractivity contribution is 0.133. The van der Waals surface area contributed by atoms with Gasteiger partial charge < -0.3 is 14.2 Å². The molecule has 10 heteroatoms. The predicted molar refractivity (Wildman–Crippen MR) is 193 cm³/mol. The second-order valence-corrected chi connectivity index (χ2v) is 25.9. The van der Waals surface area contributed by atoms with E-state index in [0.717, 1.165) is 36.6 Å². The number of pyridine rings is 1. The van der Waals surface area contributed by atoms with Gasteiger partial charge in [0.2, 0.25) is 14.3 Å². The predicted octanol–water partition coefficient (Wildman–Crippen LogP) is 9.58. The number of halogens is 1. The second kappa shape index (κ2) is 12.9. The van der Waals surface area contributed by atoms with E-state index in [2.05, 4.69) is 73.8 Å². The van der Waals surface area contributed by atoms with Gasteiger partial charge in [0.25, 0.3) is 5.56 Å². The Morgan fingerprint density at radius 3 is 2.29 bits per heavy atom. The van der Waals surface area contributed by atoms with Crippen molar-refractivity contribution in [1.82, 2.24) is 14.5 Å². The Hall–Kier alpha value is -2.05. The first kappa shape index (κ1) is 34.3. The van der Waals surface area contributed by atoms with Crippen molar-refractivity contribution in [1.29, 1.82) is 0 Å². The fourth-order valence-corrected chi connectivity index (χ4v) is 15.0. The lowest BCUT2D eigenvalue weighted by Gasteiger charge is -2.41. The van der Waals surface area contributed by atoms with Crippen LogP contribution >= 0.6 is 11.6 Å². The molecule has 5 rings (SSSR count). The molecule has 1 aliphatic heterocycles. The summed E-state index contributed by atoms with van der Waals surface area (Å²) in [5, 5.41) is 5.20. The van der Waals surface area contributed by atoms with E-state index in [1.54, 1.807) is 0 Å². The molecule has 2 unspecified atom stereocenters. The largest absolute Gasteiger partial charge is 0.414 e. The fraction of sp³-hybridized carbons (Fsp3) is 0.629. The van der Waals surface area contributed by atoms with Crippen LogP contribution in [0.25, 0.3) is 22.2 Å². The van der Waals surface area contributed by atoms with Crippen molar-refractivity contribution in [3.8, 4) is 11.1 Å². The first-order chi connectivity index (χ1) is 21.1. The molecule has 0 spiro atoms. The van der Waals surface area contributed by atoms with Crippen LogP contribution in [0.15, 0.2) is 41.3 Å². The van der Waals surface area contributed by atoms with E-state index in [4.69, 9.17) is 30.4 Å². The molecule has 0 radical (unpaired) electrons. The zero-order valence-electron chi connectivity index (χ0n) is 28.9. The number of aromatic nitrogens is 3. The van der Waals surface area contributed by atoms with Gasteiger partial charge >= 0.3 is 0 Å². The molecule has 45 heavy (non-hydrogen) atoms. The summed E-state index contributed by atoms with van der Waals surface area (Å²) < 4.78 is 15.5. The third-order valence-electron chi connectivity index (χ3n) is 11.1. The Morgan fingerprint density at radius 2 is 1.71 bits per heavy atom. The first-order valence-electron chi connectivity index (χ1n) is 16.8. The second-order valence-electron chi connectivity index (χ2n) is 15.5. The van der Waals surface area contributed by atoms with Gasteiger partial charge in [-0.05, 0) is 72.6 Å². The smallest absolute Gasteiger partial charge is 0.260 e. The van der Waals surface area contributed by atoms with Crippen molar-refractivity contribution in [2.45, 2.75) is 134 Å². The molecule has 2 fully saturated rings. The normalized spacial score (nSPS) is 24.1. The van der Waals surface area contributed by atoms with Crippen molar-refractivity contribution in [3.63, 3.8) is 0 Å². The number of rotatable bonds is 8. The van der Waals surface area contributed by atoms with E-state index < -0.39 is 16.6 Å². The Labute approximate surface area is 276 Å². The SMILES string of the molecule is CC(C)[Si]1(C(C)C)OCC(n2c(=O)c(-c3ccccc3Cl)cc3cnc(NC4CCC(O[Si](C)(C)C(C)(C)C)CC4)nc32)C1C. The van der Waals surface area contributed by atoms with E-state index in [1.165, 1.54) is 0 Å². The highest BCUT2D eigenvalue weighted by atomic mass is 35.5. The molecule has 1 N–H and O–H groups in total. The monoisotopic (exact) mass is 668 g/mol. The van der Waals surface area contributed by atoms with E-state index in [1.807, 2.05) is 41.1 Å². The van der Waals surface area contributed by atoms with Crippen LogP contribution in [0.2, 0.25) is 39.8 Å². The summed E-state index contributed by atoms with van der Waals surface area (Å²) in [5.41, 5.74) is 2.94. The summed E-state index contributed by atoms with van der Waals surface area (Å²) in [6, 6.07) is 9.59. The van der Waals surface area contributed by atoms with Gasteiger partial charge in [0.05, 0.1) is 12.6 Å². The zero-order chi connectivity index (χ0) is 32.9. The molecule has 2 aliphatic rings. The minimum absolute atomic E-state index is 0.0821. The van der Waals surface area contributed by atoms with Crippen LogP contribution in [0.1, 0.15) is 87.1 Å². The summed E-state index contributed by atoms with van der Waals surface area (Å²) in [7, 11) is -3.99. The molecular formula is C35H53ClN4O3Si2. The maximum Gasteiger partial charge on any atom is 0.260 e. The summed E-state index contributed by atoms with van der Waals surface area (Å²) >= 11 is 6.64. The Kier molecular flexibility index (Phi) is 9.80. The topological polar surface area (TPSA) is 78.3 Å². The molecule has 3 heterocycles. The molecule has 1 saturated heterocycles. The molecule has 7 nitrogen and oxygen atoms in total.